The van der Waals surface area contributed by atoms with Gasteiger partial charge in [0.2, 0.25) is 0 Å². The molecule has 2 atom stereocenters. The number of aliphatic hydroxyl groups is 1. The van der Waals surface area contributed by atoms with Crippen LogP contribution in [0.1, 0.15) is 47.6 Å². The number of hydrogen-bond donors (Lipinski definition) is 2. The van der Waals surface area contributed by atoms with Crippen LogP contribution in [0.2, 0.25) is 5.02 Å². The van der Waals surface area contributed by atoms with E-state index in [9.17, 15) is 9.90 Å². The van der Waals surface area contributed by atoms with E-state index in [4.69, 9.17) is 16.3 Å². The quantitative estimate of drug-likeness (QED) is 0.832. The summed E-state index contributed by atoms with van der Waals surface area (Å²) in [5.41, 5.74) is 5.79. The lowest BCUT2D eigenvalue weighted by Gasteiger charge is -2.28. The monoisotopic (exact) mass is 385 g/mol. The van der Waals surface area contributed by atoms with Crippen LogP contribution in [0.25, 0.3) is 0 Å². The number of carbonyl (C=O) groups is 1. The second-order valence-electron chi connectivity index (χ2n) is 7.43. The molecule has 2 aromatic carbocycles. The number of fused-ring (bicyclic) bond motifs is 1. The van der Waals surface area contributed by atoms with Crippen molar-refractivity contribution in [1.29, 1.82) is 0 Å². The Bertz CT molecular complexity index is 851. The molecule has 1 fully saturated rings. The molecule has 0 aromatic heterocycles. The largest absolute Gasteiger partial charge is 0.394 e. The van der Waals surface area contributed by atoms with Crippen molar-refractivity contribution in [3.63, 3.8) is 0 Å². The zero-order chi connectivity index (χ0) is 18.8. The summed E-state index contributed by atoms with van der Waals surface area (Å²) in [6.07, 6.45) is 2.91. The van der Waals surface area contributed by atoms with Gasteiger partial charge in [-0.1, -0.05) is 35.9 Å². The van der Waals surface area contributed by atoms with E-state index in [1.807, 2.05) is 18.2 Å². The molecule has 27 heavy (non-hydrogen) atoms. The highest BCUT2D eigenvalue weighted by Gasteiger charge is 2.28. The minimum Gasteiger partial charge on any atom is -0.394 e. The Morgan fingerprint density at radius 2 is 2.07 bits per heavy atom. The van der Waals surface area contributed by atoms with E-state index >= 15 is 0 Å². The summed E-state index contributed by atoms with van der Waals surface area (Å²) in [6, 6.07) is 12.4. The number of aliphatic hydroxyl groups excluding tert-OH is 1. The minimum absolute atomic E-state index is 0.129. The third-order valence-corrected chi connectivity index (χ3v) is 5.74. The predicted molar refractivity (Wildman–Crippen MR) is 106 cm³/mol. The first-order chi connectivity index (χ1) is 13.1. The molecule has 142 valence electrons. The lowest BCUT2D eigenvalue weighted by atomic mass is 9.93. The number of rotatable bonds is 4. The molecule has 5 heteroatoms. The second kappa shape index (κ2) is 8.01. The third-order valence-electron chi connectivity index (χ3n) is 5.37. The third kappa shape index (κ3) is 4.18. The number of halogens is 1. The second-order valence-corrected chi connectivity index (χ2v) is 7.83. The van der Waals surface area contributed by atoms with Gasteiger partial charge in [-0.05, 0) is 53.6 Å². The molecule has 1 saturated heterocycles. The Kier molecular flexibility index (Phi) is 5.48. The Balaban J connectivity index is 1.56. The van der Waals surface area contributed by atoms with Gasteiger partial charge in [-0.25, -0.2) is 0 Å². The fourth-order valence-corrected chi connectivity index (χ4v) is 4.15. The molecule has 4 rings (SSSR count). The van der Waals surface area contributed by atoms with Gasteiger partial charge in [0, 0.05) is 30.1 Å². The van der Waals surface area contributed by atoms with Gasteiger partial charge >= 0.3 is 0 Å². The standard InChI is InChI=1S/C22H24ClNO3/c23-20-5-4-16(22-12-18(26)11-19(13-25)27-22)10-17(20)9-14-3-6-21-15(8-14)2-1-7-24-21/h3-6,8,10,19,22,24-25H,1-2,7,9,11-13H2/t19-,22+/m0/s1. The average molecular weight is 386 g/mol. The first-order valence-electron chi connectivity index (χ1n) is 9.54. The number of ether oxygens (including phenoxy) is 1. The van der Waals surface area contributed by atoms with Crippen LogP contribution < -0.4 is 5.32 Å². The summed E-state index contributed by atoms with van der Waals surface area (Å²) in [7, 11) is 0. The van der Waals surface area contributed by atoms with E-state index < -0.39 is 6.10 Å². The highest BCUT2D eigenvalue weighted by atomic mass is 35.5. The van der Waals surface area contributed by atoms with E-state index in [0.717, 1.165) is 42.0 Å². The topological polar surface area (TPSA) is 58.6 Å². The highest BCUT2D eigenvalue weighted by Crippen LogP contribution is 2.33. The van der Waals surface area contributed by atoms with Crippen molar-refractivity contribution in [1.82, 2.24) is 0 Å². The van der Waals surface area contributed by atoms with Crippen molar-refractivity contribution >= 4 is 23.1 Å². The van der Waals surface area contributed by atoms with Crippen LogP contribution in [0.4, 0.5) is 5.69 Å². The molecule has 2 N–H and O–H groups in total. The summed E-state index contributed by atoms with van der Waals surface area (Å²) in [4.78, 5) is 12.0. The number of nitrogens with one attached hydrogen (secondary N) is 1. The van der Waals surface area contributed by atoms with Crippen LogP contribution in [0.15, 0.2) is 36.4 Å². The van der Waals surface area contributed by atoms with Gasteiger partial charge in [0.05, 0.1) is 18.8 Å². The van der Waals surface area contributed by atoms with E-state index in [0.29, 0.717) is 6.42 Å². The summed E-state index contributed by atoms with van der Waals surface area (Å²) < 4.78 is 5.89. The van der Waals surface area contributed by atoms with Crippen molar-refractivity contribution in [2.75, 3.05) is 18.5 Å². The van der Waals surface area contributed by atoms with Crippen molar-refractivity contribution < 1.29 is 14.6 Å². The number of hydrogen-bond acceptors (Lipinski definition) is 4. The molecule has 0 saturated carbocycles. The van der Waals surface area contributed by atoms with E-state index in [2.05, 4.69) is 23.5 Å². The smallest absolute Gasteiger partial charge is 0.138 e. The number of ketones is 1. The zero-order valence-corrected chi connectivity index (χ0v) is 16.0. The fraction of sp³-hybridized carbons (Fsp3) is 0.409. The molecule has 2 aromatic rings. The lowest BCUT2D eigenvalue weighted by molar-refractivity contribution is -0.139. The Morgan fingerprint density at radius 1 is 1.19 bits per heavy atom. The molecule has 4 nitrogen and oxygen atoms in total. The van der Waals surface area contributed by atoms with Gasteiger partial charge in [-0.3, -0.25) is 4.79 Å². The minimum atomic E-state index is -0.413. The van der Waals surface area contributed by atoms with Gasteiger partial charge in [-0.2, -0.15) is 0 Å². The van der Waals surface area contributed by atoms with Crippen LogP contribution in [-0.4, -0.2) is 30.1 Å². The first kappa shape index (κ1) is 18.5. The molecule has 2 aliphatic rings. The van der Waals surface area contributed by atoms with Gasteiger partial charge in [0.15, 0.2) is 0 Å². The average Bonchev–Trinajstić information content (AvgIpc) is 2.69. The van der Waals surface area contributed by atoms with Gasteiger partial charge in [0.1, 0.15) is 5.78 Å². The van der Waals surface area contributed by atoms with Crippen molar-refractivity contribution in [2.24, 2.45) is 0 Å². The number of aryl methyl sites for hydroxylation is 1. The molecule has 2 heterocycles. The number of anilines is 1. The molecular formula is C22H24ClNO3. The van der Waals surface area contributed by atoms with E-state index in [-0.39, 0.29) is 24.9 Å². The van der Waals surface area contributed by atoms with Crippen LogP contribution >= 0.6 is 11.6 Å². The Hall–Kier alpha value is -1.88. The molecule has 0 aliphatic carbocycles. The molecular weight excluding hydrogens is 362 g/mol. The molecule has 0 unspecified atom stereocenters. The van der Waals surface area contributed by atoms with Crippen molar-refractivity contribution in [3.05, 3.63) is 63.7 Å². The van der Waals surface area contributed by atoms with Crippen molar-refractivity contribution in [3.8, 4) is 0 Å². The van der Waals surface area contributed by atoms with Crippen molar-refractivity contribution in [2.45, 2.75) is 44.3 Å². The maximum atomic E-state index is 12.0. The number of benzene rings is 2. The molecule has 0 radical (unpaired) electrons. The maximum Gasteiger partial charge on any atom is 0.138 e. The summed E-state index contributed by atoms with van der Waals surface area (Å²) in [5, 5.41) is 13.5. The zero-order valence-electron chi connectivity index (χ0n) is 15.2. The van der Waals surface area contributed by atoms with E-state index in [1.165, 1.54) is 16.8 Å². The predicted octanol–water partition coefficient (Wildman–Crippen LogP) is 4.07. The summed E-state index contributed by atoms with van der Waals surface area (Å²) >= 11 is 6.45. The summed E-state index contributed by atoms with van der Waals surface area (Å²) in [5.74, 6) is 0.129. The molecule has 0 bridgehead atoms. The highest BCUT2D eigenvalue weighted by molar-refractivity contribution is 6.31. The van der Waals surface area contributed by atoms with Gasteiger partial charge < -0.3 is 15.2 Å². The first-order valence-corrected chi connectivity index (χ1v) is 9.92. The Labute approximate surface area is 164 Å². The SMILES string of the molecule is O=C1C[C@@H](CO)O[C@@H](c2ccc(Cl)c(Cc3ccc4c(c3)CCCN4)c2)C1. The van der Waals surface area contributed by atoms with Gasteiger partial charge in [0.25, 0.3) is 0 Å². The number of Topliss-reactive ketones (excluding diaryl/α,β-unsaturated/α-hetero) is 1. The normalized spacial score (nSPS) is 22.2. The van der Waals surface area contributed by atoms with Gasteiger partial charge in [-0.15, -0.1) is 0 Å². The number of carbonyl (C=O) groups excluding carboxylic acids is 1. The van der Waals surface area contributed by atoms with Crippen LogP contribution in [0.5, 0.6) is 0 Å². The maximum absolute atomic E-state index is 12.0. The van der Waals surface area contributed by atoms with Crippen LogP contribution in [0.3, 0.4) is 0 Å². The van der Waals surface area contributed by atoms with Crippen LogP contribution in [0, 0.1) is 0 Å². The molecule has 2 aliphatic heterocycles. The summed E-state index contributed by atoms with van der Waals surface area (Å²) in [6.45, 7) is 0.904. The molecule has 0 spiro atoms. The lowest BCUT2D eigenvalue weighted by Crippen LogP contribution is -2.30. The van der Waals surface area contributed by atoms with Crippen LogP contribution in [-0.2, 0) is 22.4 Å². The fourth-order valence-electron chi connectivity index (χ4n) is 3.97. The molecule has 0 amide bonds. The van der Waals surface area contributed by atoms with E-state index in [1.54, 1.807) is 0 Å². The Morgan fingerprint density at radius 3 is 2.93 bits per heavy atom.